The maximum atomic E-state index is 13.8. The largest absolute Gasteiger partial charge is 0.334 e. The number of nitriles is 1. The van der Waals surface area contributed by atoms with Crippen molar-refractivity contribution >= 4 is 5.91 Å². The van der Waals surface area contributed by atoms with Crippen LogP contribution < -0.4 is 5.32 Å². The van der Waals surface area contributed by atoms with E-state index in [2.05, 4.69) is 16.3 Å². The van der Waals surface area contributed by atoms with Crippen LogP contribution in [0.2, 0.25) is 0 Å². The molecule has 1 amide bonds. The Balaban J connectivity index is 2.16. The second kappa shape index (κ2) is 5.59. The molecular formula is C15H18FN3O. The van der Waals surface area contributed by atoms with E-state index in [1.807, 2.05) is 7.05 Å². The van der Waals surface area contributed by atoms with Crippen molar-refractivity contribution in [2.75, 3.05) is 20.1 Å². The summed E-state index contributed by atoms with van der Waals surface area (Å²) in [5, 5.41) is 12.1. The molecule has 1 fully saturated rings. The highest BCUT2D eigenvalue weighted by molar-refractivity contribution is 5.95. The van der Waals surface area contributed by atoms with Crippen LogP contribution in [0.15, 0.2) is 18.2 Å². The molecule has 0 spiro atoms. The molecule has 106 valence electrons. The zero-order valence-corrected chi connectivity index (χ0v) is 11.7. The van der Waals surface area contributed by atoms with Gasteiger partial charge in [0.05, 0.1) is 11.6 Å². The fraction of sp³-hybridized carbons (Fsp3) is 0.467. The molecule has 0 unspecified atom stereocenters. The Morgan fingerprint density at radius 2 is 2.10 bits per heavy atom. The number of likely N-dealkylation sites (tertiary alicyclic amines) is 1. The predicted molar refractivity (Wildman–Crippen MR) is 73.7 cm³/mol. The van der Waals surface area contributed by atoms with Crippen molar-refractivity contribution in [3.63, 3.8) is 0 Å². The highest BCUT2D eigenvalue weighted by atomic mass is 19.1. The van der Waals surface area contributed by atoms with Gasteiger partial charge in [0.1, 0.15) is 11.4 Å². The van der Waals surface area contributed by atoms with Gasteiger partial charge in [0.2, 0.25) is 0 Å². The first-order valence-corrected chi connectivity index (χ1v) is 6.64. The highest BCUT2D eigenvalue weighted by Crippen LogP contribution is 2.22. The van der Waals surface area contributed by atoms with Gasteiger partial charge in [-0.05, 0) is 44.5 Å². The molecule has 2 rings (SSSR count). The summed E-state index contributed by atoms with van der Waals surface area (Å²) in [5.74, 6) is -1.07. The summed E-state index contributed by atoms with van der Waals surface area (Å²) in [7, 11) is 1.97. The number of benzene rings is 1. The van der Waals surface area contributed by atoms with Gasteiger partial charge < -0.3 is 10.2 Å². The molecule has 0 saturated carbocycles. The van der Waals surface area contributed by atoms with Gasteiger partial charge in [0, 0.05) is 13.1 Å². The summed E-state index contributed by atoms with van der Waals surface area (Å²) in [6, 6.07) is 6.66. The van der Waals surface area contributed by atoms with Crippen molar-refractivity contribution in [1.29, 1.82) is 5.26 Å². The monoisotopic (exact) mass is 275 g/mol. The molecule has 0 aromatic heterocycles. The Bertz CT molecular complexity index is 557. The fourth-order valence-electron chi connectivity index (χ4n) is 2.35. The number of nitrogens with zero attached hydrogens (tertiary/aromatic N) is 2. The van der Waals surface area contributed by atoms with Crippen LogP contribution in [0.4, 0.5) is 4.39 Å². The summed E-state index contributed by atoms with van der Waals surface area (Å²) in [5.41, 5.74) is -0.140. The summed E-state index contributed by atoms with van der Waals surface area (Å²) in [4.78, 5) is 14.3. The lowest BCUT2D eigenvalue weighted by atomic mass is 9.88. The van der Waals surface area contributed by atoms with Gasteiger partial charge in [-0.25, -0.2) is 4.39 Å². The first kappa shape index (κ1) is 14.5. The number of rotatable bonds is 2. The van der Waals surface area contributed by atoms with Crippen LogP contribution in [-0.2, 0) is 0 Å². The molecule has 1 heterocycles. The number of halogens is 1. The molecule has 1 aromatic carbocycles. The molecule has 1 aliphatic rings. The van der Waals surface area contributed by atoms with E-state index in [9.17, 15) is 14.4 Å². The Labute approximate surface area is 118 Å². The smallest absolute Gasteiger partial charge is 0.255 e. The van der Waals surface area contributed by atoms with E-state index in [1.165, 1.54) is 12.1 Å². The van der Waals surface area contributed by atoms with Crippen LogP contribution in [0.3, 0.4) is 0 Å². The Hall–Kier alpha value is -1.93. The lowest BCUT2D eigenvalue weighted by molar-refractivity contribution is 0.0878. The molecule has 1 N–H and O–H groups in total. The SMILES string of the molecule is Cc1ccc(C(=O)NC2(C#N)CCN(C)CC2)c(F)c1. The van der Waals surface area contributed by atoms with E-state index < -0.39 is 17.3 Å². The van der Waals surface area contributed by atoms with Crippen molar-refractivity contribution < 1.29 is 9.18 Å². The molecule has 5 heteroatoms. The van der Waals surface area contributed by atoms with Crippen molar-refractivity contribution in [3.05, 3.63) is 35.1 Å². The lowest BCUT2D eigenvalue weighted by Gasteiger charge is -2.36. The first-order valence-electron chi connectivity index (χ1n) is 6.64. The second-order valence-electron chi connectivity index (χ2n) is 5.43. The van der Waals surface area contributed by atoms with Crippen LogP contribution in [0, 0.1) is 24.1 Å². The predicted octanol–water partition coefficient (Wildman–Crippen LogP) is 1.85. The molecule has 1 saturated heterocycles. The van der Waals surface area contributed by atoms with Gasteiger partial charge in [-0.2, -0.15) is 5.26 Å². The second-order valence-corrected chi connectivity index (χ2v) is 5.43. The number of hydrogen-bond acceptors (Lipinski definition) is 3. The zero-order chi connectivity index (χ0) is 14.8. The molecule has 20 heavy (non-hydrogen) atoms. The number of aryl methyl sites for hydroxylation is 1. The van der Waals surface area contributed by atoms with Gasteiger partial charge in [-0.1, -0.05) is 6.07 Å². The van der Waals surface area contributed by atoms with Gasteiger partial charge >= 0.3 is 0 Å². The quantitative estimate of drug-likeness (QED) is 0.896. The minimum absolute atomic E-state index is 0.0100. The minimum Gasteiger partial charge on any atom is -0.334 e. The van der Waals surface area contributed by atoms with Gasteiger partial charge in [-0.3, -0.25) is 4.79 Å². The fourth-order valence-corrected chi connectivity index (χ4v) is 2.35. The van der Waals surface area contributed by atoms with Crippen LogP contribution >= 0.6 is 0 Å². The highest BCUT2D eigenvalue weighted by Gasteiger charge is 2.35. The summed E-state index contributed by atoms with van der Waals surface area (Å²) in [6.45, 7) is 3.24. The maximum absolute atomic E-state index is 13.8. The molecule has 4 nitrogen and oxygen atoms in total. The van der Waals surface area contributed by atoms with Crippen molar-refractivity contribution in [2.45, 2.75) is 25.3 Å². The minimum atomic E-state index is -0.888. The van der Waals surface area contributed by atoms with Crippen LogP contribution in [0.5, 0.6) is 0 Å². The third kappa shape index (κ3) is 2.97. The Morgan fingerprint density at radius 3 is 2.65 bits per heavy atom. The number of hydrogen-bond donors (Lipinski definition) is 1. The topological polar surface area (TPSA) is 56.1 Å². The molecule has 0 aliphatic carbocycles. The van der Waals surface area contributed by atoms with E-state index in [0.29, 0.717) is 12.8 Å². The van der Waals surface area contributed by atoms with Gasteiger partial charge in [-0.15, -0.1) is 0 Å². The standard InChI is InChI=1S/C15H18FN3O/c1-11-3-4-12(13(16)9-11)14(20)18-15(10-17)5-7-19(2)8-6-15/h3-4,9H,5-8H2,1-2H3,(H,18,20). The third-order valence-corrected chi connectivity index (χ3v) is 3.78. The van der Waals surface area contributed by atoms with E-state index in [-0.39, 0.29) is 5.56 Å². The average Bonchev–Trinajstić information content (AvgIpc) is 2.41. The number of carbonyl (C=O) groups excluding carboxylic acids is 1. The van der Waals surface area contributed by atoms with Crippen molar-refractivity contribution in [1.82, 2.24) is 10.2 Å². The van der Waals surface area contributed by atoms with E-state index in [4.69, 9.17) is 0 Å². The lowest BCUT2D eigenvalue weighted by Crippen LogP contribution is -2.53. The first-order chi connectivity index (χ1) is 9.46. The molecular weight excluding hydrogens is 257 g/mol. The maximum Gasteiger partial charge on any atom is 0.255 e. The zero-order valence-electron chi connectivity index (χ0n) is 11.7. The van der Waals surface area contributed by atoms with Gasteiger partial charge in [0.15, 0.2) is 0 Å². The summed E-state index contributed by atoms with van der Waals surface area (Å²) in [6.07, 6.45) is 1.11. The number of carbonyl (C=O) groups is 1. The molecule has 1 aliphatic heterocycles. The van der Waals surface area contributed by atoms with Crippen LogP contribution in [-0.4, -0.2) is 36.5 Å². The van der Waals surface area contributed by atoms with Crippen molar-refractivity contribution in [2.24, 2.45) is 0 Å². The summed E-state index contributed by atoms with van der Waals surface area (Å²) >= 11 is 0. The van der Waals surface area contributed by atoms with Crippen LogP contribution in [0.25, 0.3) is 0 Å². The number of piperidine rings is 1. The number of nitrogens with one attached hydrogen (secondary N) is 1. The Morgan fingerprint density at radius 1 is 1.45 bits per heavy atom. The van der Waals surface area contributed by atoms with E-state index in [0.717, 1.165) is 18.7 Å². The number of amides is 1. The Kier molecular flexibility index (Phi) is 4.05. The van der Waals surface area contributed by atoms with Gasteiger partial charge in [0.25, 0.3) is 5.91 Å². The van der Waals surface area contributed by atoms with Crippen LogP contribution in [0.1, 0.15) is 28.8 Å². The molecule has 1 aromatic rings. The normalized spacial score (nSPS) is 18.3. The van der Waals surface area contributed by atoms with Crippen molar-refractivity contribution in [3.8, 4) is 6.07 Å². The average molecular weight is 275 g/mol. The molecule has 0 radical (unpaired) electrons. The van der Waals surface area contributed by atoms with E-state index in [1.54, 1.807) is 13.0 Å². The molecule has 0 atom stereocenters. The van der Waals surface area contributed by atoms with E-state index >= 15 is 0 Å². The summed E-state index contributed by atoms with van der Waals surface area (Å²) < 4.78 is 13.8. The molecule has 0 bridgehead atoms. The third-order valence-electron chi connectivity index (χ3n) is 3.78.